The maximum absolute atomic E-state index is 13.7. The number of carbonyl (C=O) groups is 1. The first-order valence-electron chi connectivity index (χ1n) is 11.9. The van der Waals surface area contributed by atoms with Crippen molar-refractivity contribution in [3.05, 3.63) is 137 Å². The summed E-state index contributed by atoms with van der Waals surface area (Å²) in [5.74, 6) is -0.174. The summed E-state index contributed by atoms with van der Waals surface area (Å²) in [7, 11) is 0. The van der Waals surface area contributed by atoms with Crippen molar-refractivity contribution in [2.45, 2.75) is 12.5 Å². The van der Waals surface area contributed by atoms with Gasteiger partial charge in [0, 0.05) is 46.2 Å². The zero-order chi connectivity index (χ0) is 25.2. The number of carbonyl (C=O) groups excluding carboxylic acids is 1. The highest BCUT2D eigenvalue weighted by Gasteiger charge is 2.36. The van der Waals surface area contributed by atoms with E-state index < -0.39 is 0 Å². The number of hydrazone groups is 1. The number of hydrogen-bond acceptors (Lipinski definition) is 4. The van der Waals surface area contributed by atoms with Gasteiger partial charge in [-0.25, -0.2) is 9.69 Å². The van der Waals surface area contributed by atoms with Crippen LogP contribution in [0, 0.1) is 0 Å². The van der Waals surface area contributed by atoms with Gasteiger partial charge in [0.05, 0.1) is 23.1 Å². The van der Waals surface area contributed by atoms with E-state index in [1.807, 2.05) is 95.8 Å². The monoisotopic (exact) mass is 547 g/mol. The standard InChI is InChI=1S/C30H22BrN5O/c31-24-13-11-22(12-14-24)29-26(20-35(34-29)25-9-5-2-6-10-25)28-19-27(21-7-3-1-4-8-21)33-36(28)30(37)23-15-17-32-18-16-23/h1-18,20,28H,19H2. The summed E-state index contributed by atoms with van der Waals surface area (Å²) in [6.45, 7) is 0. The zero-order valence-electron chi connectivity index (χ0n) is 19.8. The molecule has 0 N–H and O–H groups in total. The second kappa shape index (κ2) is 9.95. The third-order valence-electron chi connectivity index (χ3n) is 6.39. The second-order valence-electron chi connectivity index (χ2n) is 8.74. The molecular formula is C30H22BrN5O. The second-order valence-corrected chi connectivity index (χ2v) is 9.65. The highest BCUT2D eigenvalue weighted by atomic mass is 79.9. The lowest BCUT2D eigenvalue weighted by atomic mass is 9.96. The molecule has 0 aliphatic carbocycles. The fourth-order valence-corrected chi connectivity index (χ4v) is 4.81. The summed E-state index contributed by atoms with van der Waals surface area (Å²) < 4.78 is 2.87. The van der Waals surface area contributed by atoms with Crippen molar-refractivity contribution in [3.8, 4) is 16.9 Å². The van der Waals surface area contributed by atoms with Crippen LogP contribution in [0.3, 0.4) is 0 Å². The Morgan fingerprint density at radius 1 is 0.811 bits per heavy atom. The molecule has 3 aromatic carbocycles. The van der Waals surface area contributed by atoms with Crippen LogP contribution >= 0.6 is 15.9 Å². The number of benzene rings is 3. The molecule has 1 unspecified atom stereocenters. The molecule has 6 nitrogen and oxygen atoms in total. The van der Waals surface area contributed by atoms with Gasteiger partial charge in [-0.1, -0.05) is 76.6 Å². The first-order chi connectivity index (χ1) is 18.2. The van der Waals surface area contributed by atoms with Crippen molar-refractivity contribution in [2.75, 3.05) is 0 Å². The molecule has 3 heterocycles. The van der Waals surface area contributed by atoms with Crippen molar-refractivity contribution < 1.29 is 4.79 Å². The van der Waals surface area contributed by atoms with Crippen LogP contribution in [-0.4, -0.2) is 31.4 Å². The van der Waals surface area contributed by atoms with E-state index in [0.717, 1.165) is 38.3 Å². The molecule has 6 rings (SSSR count). The van der Waals surface area contributed by atoms with E-state index in [1.165, 1.54) is 0 Å². The first kappa shape index (κ1) is 23.1. The quantitative estimate of drug-likeness (QED) is 0.246. The van der Waals surface area contributed by atoms with Crippen molar-refractivity contribution in [3.63, 3.8) is 0 Å². The summed E-state index contributed by atoms with van der Waals surface area (Å²) in [6.07, 6.45) is 5.85. The van der Waals surface area contributed by atoms with E-state index in [1.54, 1.807) is 29.5 Å². The predicted octanol–water partition coefficient (Wildman–Crippen LogP) is 6.69. The smallest absolute Gasteiger partial charge is 0.267 e. The van der Waals surface area contributed by atoms with Gasteiger partial charge in [0.1, 0.15) is 0 Å². The topological polar surface area (TPSA) is 63.4 Å². The molecule has 0 saturated carbocycles. The van der Waals surface area contributed by atoms with E-state index in [4.69, 9.17) is 10.2 Å². The van der Waals surface area contributed by atoms with E-state index >= 15 is 0 Å². The maximum Gasteiger partial charge on any atom is 0.274 e. The van der Waals surface area contributed by atoms with Crippen molar-refractivity contribution in [1.29, 1.82) is 0 Å². The Kier molecular flexibility index (Phi) is 6.20. The van der Waals surface area contributed by atoms with Crippen LogP contribution in [0.15, 0.2) is 125 Å². The molecule has 37 heavy (non-hydrogen) atoms. The molecule has 180 valence electrons. The minimum absolute atomic E-state index is 0.174. The third-order valence-corrected chi connectivity index (χ3v) is 6.92. The molecule has 0 saturated heterocycles. The molecule has 1 aliphatic rings. The Morgan fingerprint density at radius 3 is 2.19 bits per heavy atom. The Hall–Kier alpha value is -4.36. The average molecular weight is 548 g/mol. The fourth-order valence-electron chi connectivity index (χ4n) is 4.55. The Labute approximate surface area is 223 Å². The molecule has 1 atom stereocenters. The van der Waals surface area contributed by atoms with E-state index in [0.29, 0.717) is 12.0 Å². The summed E-state index contributed by atoms with van der Waals surface area (Å²) in [5.41, 5.74) is 6.07. The predicted molar refractivity (Wildman–Crippen MR) is 147 cm³/mol. The van der Waals surface area contributed by atoms with Gasteiger partial charge in [0.15, 0.2) is 0 Å². The lowest BCUT2D eigenvalue weighted by Gasteiger charge is -2.22. The molecule has 0 bridgehead atoms. The van der Waals surface area contributed by atoms with Crippen LogP contribution in [0.5, 0.6) is 0 Å². The fraction of sp³-hybridized carbons (Fsp3) is 0.0667. The number of para-hydroxylation sites is 1. The number of nitrogens with zero attached hydrogens (tertiary/aromatic N) is 5. The van der Waals surface area contributed by atoms with Crippen LogP contribution in [0.4, 0.5) is 0 Å². The van der Waals surface area contributed by atoms with E-state index in [9.17, 15) is 4.79 Å². The van der Waals surface area contributed by atoms with Crippen LogP contribution in [0.1, 0.15) is 33.9 Å². The van der Waals surface area contributed by atoms with Crippen LogP contribution in [0.25, 0.3) is 16.9 Å². The third kappa shape index (κ3) is 4.61. The molecule has 0 radical (unpaired) electrons. The van der Waals surface area contributed by atoms with Crippen LogP contribution < -0.4 is 0 Å². The highest BCUT2D eigenvalue weighted by molar-refractivity contribution is 9.10. The van der Waals surface area contributed by atoms with Gasteiger partial charge in [0.25, 0.3) is 5.91 Å². The lowest BCUT2D eigenvalue weighted by molar-refractivity contribution is 0.0711. The van der Waals surface area contributed by atoms with Gasteiger partial charge in [-0.05, 0) is 42.0 Å². The molecular weight excluding hydrogens is 526 g/mol. The summed E-state index contributed by atoms with van der Waals surface area (Å²) in [6, 6.07) is 31.2. The molecule has 7 heteroatoms. The average Bonchev–Trinajstić information content (AvgIpc) is 3.60. The van der Waals surface area contributed by atoms with Gasteiger partial charge >= 0.3 is 0 Å². The number of rotatable bonds is 5. The van der Waals surface area contributed by atoms with Gasteiger partial charge in [-0.3, -0.25) is 9.78 Å². The SMILES string of the molecule is O=C(c1ccncc1)N1N=C(c2ccccc2)CC1c1cn(-c2ccccc2)nc1-c1ccc(Br)cc1. The molecule has 1 amide bonds. The van der Waals surface area contributed by atoms with Crippen molar-refractivity contribution in [2.24, 2.45) is 5.10 Å². The molecule has 0 fully saturated rings. The number of aromatic nitrogens is 3. The van der Waals surface area contributed by atoms with Gasteiger partial charge in [-0.2, -0.15) is 10.2 Å². The summed E-state index contributed by atoms with van der Waals surface area (Å²) in [5, 5.41) is 11.5. The molecule has 2 aromatic heterocycles. The Bertz CT molecular complexity index is 1570. The van der Waals surface area contributed by atoms with Gasteiger partial charge in [0.2, 0.25) is 0 Å². The van der Waals surface area contributed by atoms with Crippen molar-refractivity contribution >= 4 is 27.5 Å². The number of amides is 1. The largest absolute Gasteiger partial charge is 0.274 e. The highest BCUT2D eigenvalue weighted by Crippen LogP contribution is 2.39. The van der Waals surface area contributed by atoms with Crippen molar-refractivity contribution in [1.82, 2.24) is 19.8 Å². The zero-order valence-corrected chi connectivity index (χ0v) is 21.4. The minimum Gasteiger partial charge on any atom is -0.267 e. The summed E-state index contributed by atoms with van der Waals surface area (Å²) in [4.78, 5) is 17.8. The minimum atomic E-state index is -0.327. The number of pyridine rings is 1. The normalized spacial score (nSPS) is 15.0. The first-order valence-corrected chi connectivity index (χ1v) is 12.7. The number of hydrogen-bond donors (Lipinski definition) is 0. The summed E-state index contributed by atoms with van der Waals surface area (Å²) >= 11 is 3.53. The van der Waals surface area contributed by atoms with Gasteiger partial charge in [-0.15, -0.1) is 0 Å². The van der Waals surface area contributed by atoms with E-state index in [2.05, 4.69) is 20.9 Å². The lowest BCUT2D eigenvalue weighted by Crippen LogP contribution is -2.27. The Morgan fingerprint density at radius 2 is 1.49 bits per heavy atom. The number of halogens is 1. The van der Waals surface area contributed by atoms with Gasteiger partial charge < -0.3 is 0 Å². The Balaban J connectivity index is 1.49. The van der Waals surface area contributed by atoms with Crippen LogP contribution in [0.2, 0.25) is 0 Å². The molecule has 0 spiro atoms. The molecule has 5 aromatic rings. The van der Waals surface area contributed by atoms with E-state index in [-0.39, 0.29) is 11.9 Å². The van der Waals surface area contributed by atoms with Crippen LogP contribution in [-0.2, 0) is 0 Å². The maximum atomic E-state index is 13.7. The molecule has 1 aliphatic heterocycles.